The highest BCUT2D eigenvalue weighted by Crippen LogP contribution is 2.19. The number of carbonyl (C=O) groups is 2. The second kappa shape index (κ2) is 83.5. The molecular formula is C89H156O5. The topological polar surface area (TPSA) is 72.8 Å². The second-order valence-corrected chi connectivity index (χ2v) is 27.5. The van der Waals surface area contributed by atoms with Crippen LogP contribution >= 0.6 is 0 Å². The van der Waals surface area contributed by atoms with Gasteiger partial charge in [0, 0.05) is 12.8 Å². The molecule has 0 fully saturated rings. The molecule has 0 aliphatic heterocycles. The van der Waals surface area contributed by atoms with Gasteiger partial charge in [-0.15, -0.1) is 0 Å². The molecule has 94 heavy (non-hydrogen) atoms. The highest BCUT2D eigenvalue weighted by Gasteiger charge is 2.16. The lowest BCUT2D eigenvalue weighted by atomic mass is 10.0. The van der Waals surface area contributed by atoms with Gasteiger partial charge in [0.05, 0.1) is 6.61 Å². The number of aliphatic hydroxyl groups excluding tert-OH is 1. The van der Waals surface area contributed by atoms with Crippen LogP contribution in [0.5, 0.6) is 0 Å². The van der Waals surface area contributed by atoms with E-state index >= 15 is 0 Å². The van der Waals surface area contributed by atoms with E-state index in [1.165, 1.54) is 289 Å². The van der Waals surface area contributed by atoms with Gasteiger partial charge in [-0.05, 0) is 109 Å². The molecule has 0 aromatic carbocycles. The van der Waals surface area contributed by atoms with Gasteiger partial charge in [-0.25, -0.2) is 0 Å². The van der Waals surface area contributed by atoms with Crippen molar-refractivity contribution in [3.05, 3.63) is 122 Å². The fourth-order valence-electron chi connectivity index (χ4n) is 12.1. The van der Waals surface area contributed by atoms with Crippen LogP contribution in [0.2, 0.25) is 0 Å². The third-order valence-corrected chi connectivity index (χ3v) is 18.2. The van der Waals surface area contributed by atoms with E-state index in [1.807, 2.05) is 0 Å². The zero-order valence-corrected chi connectivity index (χ0v) is 62.5. The molecular weight excluding hydrogens is 1150 g/mol. The van der Waals surface area contributed by atoms with Crippen molar-refractivity contribution in [3.63, 3.8) is 0 Å². The number of hydrogen-bond acceptors (Lipinski definition) is 5. The lowest BCUT2D eigenvalue weighted by Crippen LogP contribution is -2.28. The summed E-state index contributed by atoms with van der Waals surface area (Å²) in [6.07, 6.45) is 123. The molecule has 0 aliphatic rings. The normalized spacial score (nSPS) is 12.8. The maximum Gasteiger partial charge on any atom is 0.306 e. The summed E-state index contributed by atoms with van der Waals surface area (Å²) < 4.78 is 10.8. The van der Waals surface area contributed by atoms with E-state index in [4.69, 9.17) is 9.47 Å². The van der Waals surface area contributed by atoms with Crippen LogP contribution in [0, 0.1) is 0 Å². The Balaban J connectivity index is 3.42. The number of aliphatic hydroxyl groups is 1. The SMILES string of the molecule is CC/C=C\C/C=C\C/C=C\C/C=C\C/C=C\C/C=C\C/C=C\CCCCCCCCCCCCCCCCCCCC(=O)OC(CO)COC(=O)CCCCCCCCCCCCCCCCCCCCCCCCCCCC/C=C\C/C=C\C/C=C\CCCCCCC. The molecule has 0 amide bonds. The Morgan fingerprint density at radius 1 is 0.255 bits per heavy atom. The molecule has 0 aromatic rings. The largest absolute Gasteiger partial charge is 0.462 e. The monoisotopic (exact) mass is 1310 g/mol. The molecule has 1 atom stereocenters. The van der Waals surface area contributed by atoms with Crippen molar-refractivity contribution in [3.8, 4) is 0 Å². The lowest BCUT2D eigenvalue weighted by Gasteiger charge is -2.15. The average Bonchev–Trinajstić information content (AvgIpc) is 3.65. The van der Waals surface area contributed by atoms with Crippen LogP contribution in [-0.2, 0) is 19.1 Å². The van der Waals surface area contributed by atoms with Gasteiger partial charge in [-0.3, -0.25) is 9.59 Å². The van der Waals surface area contributed by atoms with Crippen LogP contribution < -0.4 is 0 Å². The molecule has 5 heteroatoms. The summed E-state index contributed by atoms with van der Waals surface area (Å²) in [5, 5.41) is 9.74. The van der Waals surface area contributed by atoms with Gasteiger partial charge in [0.25, 0.3) is 0 Å². The molecule has 542 valence electrons. The van der Waals surface area contributed by atoms with Crippen molar-refractivity contribution in [2.24, 2.45) is 0 Å². The second-order valence-electron chi connectivity index (χ2n) is 27.5. The number of rotatable bonds is 76. The molecule has 0 bridgehead atoms. The zero-order valence-electron chi connectivity index (χ0n) is 62.5. The molecule has 1 N–H and O–H groups in total. The van der Waals surface area contributed by atoms with E-state index in [0.717, 1.165) is 96.3 Å². The minimum absolute atomic E-state index is 0.0643. The number of carbonyl (C=O) groups excluding carboxylic acids is 2. The third kappa shape index (κ3) is 80.7. The summed E-state index contributed by atoms with van der Waals surface area (Å²) in [5.41, 5.74) is 0. The predicted octanol–water partition coefficient (Wildman–Crippen LogP) is 29.2. The van der Waals surface area contributed by atoms with Gasteiger partial charge in [-0.2, -0.15) is 0 Å². The smallest absolute Gasteiger partial charge is 0.306 e. The Bertz CT molecular complexity index is 1820. The first-order chi connectivity index (χ1) is 46.6. The highest BCUT2D eigenvalue weighted by atomic mass is 16.6. The van der Waals surface area contributed by atoms with E-state index in [2.05, 4.69) is 135 Å². The number of unbranched alkanes of at least 4 members (excludes halogenated alkanes) is 48. The molecule has 0 radical (unpaired) electrons. The minimum Gasteiger partial charge on any atom is -0.462 e. The molecule has 5 nitrogen and oxygen atoms in total. The van der Waals surface area contributed by atoms with Crippen LogP contribution in [0.4, 0.5) is 0 Å². The van der Waals surface area contributed by atoms with Gasteiger partial charge in [0.15, 0.2) is 6.10 Å². The standard InChI is InChI=1S/C89H156O5/c1-3-5-7-9-11-13-15-17-19-21-23-25-27-29-31-33-35-37-39-41-43-44-46-47-49-51-53-55-57-59-61-63-65-67-69-71-73-75-77-79-81-83-88(91)93-86-87(85-90)94-89(92)84-82-80-78-76-74-72-70-68-66-64-62-60-58-56-54-52-50-48-45-42-40-38-36-34-32-30-28-26-24-22-20-18-16-14-12-10-8-6-4-2/h6,8,12,14-15,17-18,20-21,23-24,26-27,29-30,32,36,38,42,45,87,90H,3-5,7,9-11,13,16,19,22,25,28,31,33-35,37,39-41,43-44,46-86H2,1-2H3/b8-6-,14-12-,17-15-,20-18-,23-21-,26-24-,29-27-,32-30-,38-36-,45-42-. The first-order valence-electron chi connectivity index (χ1n) is 41.1. The van der Waals surface area contributed by atoms with Crippen molar-refractivity contribution in [2.45, 2.75) is 418 Å². The molecule has 0 heterocycles. The van der Waals surface area contributed by atoms with Crippen molar-refractivity contribution in [1.29, 1.82) is 0 Å². The zero-order chi connectivity index (χ0) is 67.5. The summed E-state index contributed by atoms with van der Waals surface area (Å²) in [6.45, 7) is 4.06. The van der Waals surface area contributed by atoms with Crippen molar-refractivity contribution >= 4 is 11.9 Å². The number of ether oxygens (including phenoxy) is 2. The maximum absolute atomic E-state index is 12.4. The Morgan fingerprint density at radius 2 is 0.457 bits per heavy atom. The quantitative estimate of drug-likeness (QED) is 0.0373. The van der Waals surface area contributed by atoms with E-state index in [1.54, 1.807) is 0 Å². The summed E-state index contributed by atoms with van der Waals surface area (Å²) in [5.74, 6) is -0.573. The molecule has 0 spiro atoms. The number of allylic oxidation sites excluding steroid dienone is 20. The fraction of sp³-hybridized carbons (Fsp3) is 0.753. The van der Waals surface area contributed by atoms with E-state index in [-0.39, 0.29) is 25.2 Å². The van der Waals surface area contributed by atoms with E-state index < -0.39 is 6.10 Å². The van der Waals surface area contributed by atoms with Gasteiger partial charge in [0.2, 0.25) is 0 Å². The molecule has 0 aromatic heterocycles. The molecule has 1 unspecified atom stereocenters. The minimum atomic E-state index is -0.777. The van der Waals surface area contributed by atoms with Crippen molar-refractivity contribution in [1.82, 2.24) is 0 Å². The van der Waals surface area contributed by atoms with Crippen molar-refractivity contribution in [2.75, 3.05) is 13.2 Å². The first kappa shape index (κ1) is 90.3. The van der Waals surface area contributed by atoms with Gasteiger partial charge in [-0.1, -0.05) is 411 Å². The van der Waals surface area contributed by atoms with Gasteiger partial charge >= 0.3 is 11.9 Å². The Kier molecular flexibility index (Phi) is 80.2. The third-order valence-electron chi connectivity index (χ3n) is 18.2. The number of hydrogen-bond donors (Lipinski definition) is 1. The number of esters is 2. The summed E-state index contributed by atoms with van der Waals surface area (Å²) in [6, 6.07) is 0. The maximum atomic E-state index is 12.4. The Hall–Kier alpha value is -3.70. The fourth-order valence-corrected chi connectivity index (χ4v) is 12.1. The lowest BCUT2D eigenvalue weighted by molar-refractivity contribution is -0.161. The Morgan fingerprint density at radius 3 is 0.691 bits per heavy atom. The summed E-state index contributed by atoms with van der Waals surface area (Å²) >= 11 is 0. The average molecular weight is 1310 g/mol. The Labute approximate surface area is 585 Å². The van der Waals surface area contributed by atoms with Crippen LogP contribution in [0.1, 0.15) is 412 Å². The molecule has 0 saturated carbocycles. The van der Waals surface area contributed by atoms with E-state index in [0.29, 0.717) is 12.8 Å². The van der Waals surface area contributed by atoms with Crippen LogP contribution in [0.15, 0.2) is 122 Å². The summed E-state index contributed by atoms with van der Waals surface area (Å²) in [4.78, 5) is 24.7. The van der Waals surface area contributed by atoms with E-state index in [9.17, 15) is 14.7 Å². The molecule has 0 rings (SSSR count). The first-order valence-corrected chi connectivity index (χ1v) is 41.1. The van der Waals surface area contributed by atoms with Crippen LogP contribution in [-0.4, -0.2) is 36.4 Å². The van der Waals surface area contributed by atoms with Crippen LogP contribution in [0.3, 0.4) is 0 Å². The van der Waals surface area contributed by atoms with Gasteiger partial charge in [0.1, 0.15) is 6.61 Å². The van der Waals surface area contributed by atoms with Crippen LogP contribution in [0.25, 0.3) is 0 Å². The van der Waals surface area contributed by atoms with Gasteiger partial charge < -0.3 is 14.6 Å². The molecule has 0 saturated heterocycles. The highest BCUT2D eigenvalue weighted by molar-refractivity contribution is 5.70. The predicted molar refractivity (Wildman–Crippen MR) is 417 cm³/mol. The molecule has 0 aliphatic carbocycles. The summed E-state index contributed by atoms with van der Waals surface area (Å²) in [7, 11) is 0. The van der Waals surface area contributed by atoms with Crippen molar-refractivity contribution < 1.29 is 24.2 Å².